The Morgan fingerprint density at radius 3 is 1.31 bits per heavy atom. The quantitative estimate of drug-likeness (QED) is 0.171. The number of carbonyl (C=O) groups is 2. The molecule has 5 rings (SSSR count). The minimum atomic E-state index is -0.272. The zero-order chi connectivity index (χ0) is 30.0. The molecule has 0 saturated heterocycles. The van der Waals surface area contributed by atoms with Crippen LogP contribution in [0, 0.1) is 0 Å². The third kappa shape index (κ3) is 4.80. The molecule has 42 heavy (non-hydrogen) atoms. The maximum atomic E-state index is 12.6. The maximum Gasteiger partial charge on any atom is 0.205 e. The van der Waals surface area contributed by atoms with Gasteiger partial charge in [-0.05, 0) is 26.0 Å². The molecule has 0 fully saturated rings. The summed E-state index contributed by atoms with van der Waals surface area (Å²) < 4.78 is 45.3. The summed E-state index contributed by atoms with van der Waals surface area (Å²) in [7, 11) is 5.85. The number of furan rings is 2. The molecular formula is C30H28N2O10. The van der Waals surface area contributed by atoms with E-state index in [1.54, 1.807) is 12.1 Å². The van der Waals surface area contributed by atoms with Gasteiger partial charge in [-0.15, -0.1) is 0 Å². The molecule has 0 radical (unpaired) electrons. The monoisotopic (exact) mass is 576 g/mol. The number of aromatic nitrogens is 2. The number of nitrogens with zero attached hydrogens (tertiary/aromatic N) is 2. The van der Waals surface area contributed by atoms with Gasteiger partial charge in [-0.2, -0.15) is 0 Å². The second-order valence-corrected chi connectivity index (χ2v) is 9.06. The Labute approximate surface area is 240 Å². The fourth-order valence-electron chi connectivity index (χ4n) is 4.77. The second kappa shape index (κ2) is 11.7. The highest BCUT2D eigenvalue weighted by Gasteiger charge is 2.28. The number of hydrogen-bond acceptors (Lipinski definition) is 12. The molecule has 0 unspecified atom stereocenters. The van der Waals surface area contributed by atoms with Gasteiger partial charge >= 0.3 is 0 Å². The van der Waals surface area contributed by atoms with Gasteiger partial charge in [-0.3, -0.25) is 19.6 Å². The normalized spacial score (nSPS) is 11.0. The fourth-order valence-corrected chi connectivity index (χ4v) is 4.77. The van der Waals surface area contributed by atoms with E-state index >= 15 is 0 Å². The number of carbonyl (C=O) groups excluding carboxylic acids is 2. The first kappa shape index (κ1) is 28.3. The van der Waals surface area contributed by atoms with Crippen molar-refractivity contribution in [1.82, 2.24) is 9.97 Å². The van der Waals surface area contributed by atoms with Gasteiger partial charge in [0.2, 0.25) is 11.5 Å². The lowest BCUT2D eigenvalue weighted by atomic mass is 10.0. The van der Waals surface area contributed by atoms with Gasteiger partial charge in [0.15, 0.2) is 34.2 Å². The van der Waals surface area contributed by atoms with Gasteiger partial charge in [0.25, 0.3) is 0 Å². The predicted molar refractivity (Wildman–Crippen MR) is 149 cm³/mol. The number of benzene rings is 2. The molecule has 5 aromatic rings. The van der Waals surface area contributed by atoms with Crippen LogP contribution in [0.15, 0.2) is 45.9 Å². The zero-order valence-corrected chi connectivity index (χ0v) is 23.9. The number of methoxy groups -OCH3 is 4. The molecule has 0 bridgehead atoms. The average Bonchev–Trinajstić information content (AvgIpc) is 3.67. The summed E-state index contributed by atoms with van der Waals surface area (Å²) in [5.41, 5.74) is 2.15. The molecule has 0 aliphatic rings. The van der Waals surface area contributed by atoms with Crippen molar-refractivity contribution in [3.63, 3.8) is 0 Å². The van der Waals surface area contributed by atoms with Crippen LogP contribution in [-0.2, 0) is 13.2 Å². The third-order valence-electron chi connectivity index (χ3n) is 6.56. The lowest BCUT2D eigenvalue weighted by Crippen LogP contribution is -2.09. The Morgan fingerprint density at radius 2 is 1.00 bits per heavy atom. The standard InChI is InChI=1S/C30H28N2O10/c1-15(33)21-23(35-3)19-7-9-39-25(19)29(37-5)27(21)41-13-17-11-32-18(12-31-17)14-42-28-22(16(2)34)24(36-4)20-8-10-40-26(20)30(28)38-6/h7-12H,13-14H2,1-6H3. The lowest BCUT2D eigenvalue weighted by Gasteiger charge is -2.18. The molecule has 0 aliphatic heterocycles. The molecule has 3 heterocycles. The topological polar surface area (TPSA) is 142 Å². The van der Waals surface area contributed by atoms with Crippen LogP contribution in [0.5, 0.6) is 34.5 Å². The second-order valence-electron chi connectivity index (χ2n) is 9.06. The third-order valence-corrected chi connectivity index (χ3v) is 6.56. The van der Waals surface area contributed by atoms with Crippen LogP contribution in [0.2, 0.25) is 0 Å². The molecule has 2 aromatic carbocycles. The van der Waals surface area contributed by atoms with Crippen LogP contribution in [0.1, 0.15) is 46.0 Å². The van der Waals surface area contributed by atoms with E-state index in [0.717, 1.165) is 0 Å². The summed E-state index contributed by atoms with van der Waals surface area (Å²) in [6, 6.07) is 3.38. The van der Waals surface area contributed by atoms with E-state index in [1.807, 2.05) is 0 Å². The Bertz CT molecular complexity index is 1660. The van der Waals surface area contributed by atoms with Crippen molar-refractivity contribution in [2.24, 2.45) is 0 Å². The molecule has 0 amide bonds. The van der Waals surface area contributed by atoms with Crippen LogP contribution >= 0.6 is 0 Å². The van der Waals surface area contributed by atoms with Gasteiger partial charge < -0.3 is 37.3 Å². The molecule has 12 nitrogen and oxygen atoms in total. The summed E-state index contributed by atoms with van der Waals surface area (Å²) in [6.45, 7) is 2.76. The highest BCUT2D eigenvalue weighted by Crippen LogP contribution is 2.48. The van der Waals surface area contributed by atoms with Crippen molar-refractivity contribution in [3.8, 4) is 34.5 Å². The smallest absolute Gasteiger partial charge is 0.205 e. The van der Waals surface area contributed by atoms with E-state index in [1.165, 1.54) is 67.2 Å². The maximum absolute atomic E-state index is 12.6. The zero-order valence-electron chi connectivity index (χ0n) is 23.9. The first-order valence-electron chi connectivity index (χ1n) is 12.7. The summed E-state index contributed by atoms with van der Waals surface area (Å²) in [5.74, 6) is 0.972. The summed E-state index contributed by atoms with van der Waals surface area (Å²) >= 11 is 0. The SMILES string of the molecule is COc1c(C(C)=O)c(OCc2cnc(COc3c(C(C)=O)c(OC)c4ccoc4c3OC)cn2)c(OC)c2occc12. The van der Waals surface area contributed by atoms with Gasteiger partial charge in [0, 0.05) is 0 Å². The minimum absolute atomic E-state index is 0.0329. The fraction of sp³-hybridized carbons (Fsp3) is 0.267. The van der Waals surface area contributed by atoms with E-state index in [4.69, 9.17) is 37.3 Å². The molecule has 0 N–H and O–H groups in total. The Kier molecular flexibility index (Phi) is 7.87. The highest BCUT2D eigenvalue weighted by atomic mass is 16.5. The number of Topliss-reactive ketones (excluding diaryl/α,β-unsaturated/α-hetero) is 2. The van der Waals surface area contributed by atoms with Crippen LogP contribution in [-0.4, -0.2) is 50.0 Å². The Balaban J connectivity index is 1.39. The first-order valence-corrected chi connectivity index (χ1v) is 12.7. The van der Waals surface area contributed by atoms with Crippen molar-refractivity contribution in [2.45, 2.75) is 27.1 Å². The molecule has 0 saturated carbocycles. The van der Waals surface area contributed by atoms with E-state index in [2.05, 4.69) is 9.97 Å². The number of hydrogen-bond donors (Lipinski definition) is 0. The average molecular weight is 577 g/mol. The minimum Gasteiger partial charge on any atom is -0.495 e. The van der Waals surface area contributed by atoms with E-state index < -0.39 is 0 Å². The van der Waals surface area contributed by atoms with Crippen molar-refractivity contribution < 1.29 is 46.8 Å². The Hall–Kier alpha value is -5.26. The molecule has 218 valence electrons. The molecular weight excluding hydrogens is 548 g/mol. The van der Waals surface area contributed by atoms with Gasteiger partial charge in [-0.1, -0.05) is 0 Å². The number of ether oxygens (including phenoxy) is 6. The summed E-state index contributed by atoms with van der Waals surface area (Å²) in [5, 5.41) is 1.17. The number of ketones is 2. The van der Waals surface area contributed by atoms with Crippen LogP contribution < -0.4 is 28.4 Å². The molecule has 0 spiro atoms. The van der Waals surface area contributed by atoms with Crippen molar-refractivity contribution in [1.29, 1.82) is 0 Å². The largest absolute Gasteiger partial charge is 0.495 e. The summed E-state index contributed by atoms with van der Waals surface area (Å²) in [6.07, 6.45) is 5.99. The van der Waals surface area contributed by atoms with Gasteiger partial charge in [-0.25, -0.2) is 0 Å². The van der Waals surface area contributed by atoms with E-state index in [-0.39, 0.29) is 58.9 Å². The van der Waals surface area contributed by atoms with Crippen LogP contribution in [0.25, 0.3) is 21.9 Å². The van der Waals surface area contributed by atoms with Crippen molar-refractivity contribution in [2.75, 3.05) is 28.4 Å². The van der Waals surface area contributed by atoms with Crippen molar-refractivity contribution in [3.05, 3.63) is 59.6 Å². The van der Waals surface area contributed by atoms with Crippen molar-refractivity contribution >= 4 is 33.5 Å². The predicted octanol–water partition coefficient (Wildman–Crippen LogP) is 5.57. The van der Waals surface area contributed by atoms with E-state index in [0.29, 0.717) is 44.8 Å². The lowest BCUT2D eigenvalue weighted by molar-refractivity contribution is 0.0996. The Morgan fingerprint density at radius 1 is 0.619 bits per heavy atom. The van der Waals surface area contributed by atoms with Crippen LogP contribution in [0.4, 0.5) is 0 Å². The molecule has 0 atom stereocenters. The van der Waals surface area contributed by atoms with Crippen LogP contribution in [0.3, 0.4) is 0 Å². The first-order chi connectivity index (χ1) is 20.3. The molecule has 3 aromatic heterocycles. The van der Waals surface area contributed by atoms with E-state index in [9.17, 15) is 9.59 Å². The van der Waals surface area contributed by atoms with Gasteiger partial charge in [0.05, 0.1) is 75.5 Å². The summed E-state index contributed by atoms with van der Waals surface area (Å²) in [4.78, 5) is 34.0. The highest BCUT2D eigenvalue weighted by molar-refractivity contribution is 6.09. The number of fused-ring (bicyclic) bond motifs is 2. The molecule has 0 aliphatic carbocycles. The van der Waals surface area contributed by atoms with Gasteiger partial charge in [0.1, 0.15) is 35.8 Å². The number of rotatable bonds is 12. The molecule has 12 heteroatoms.